The molecule has 0 aliphatic carbocycles. The van der Waals surface area contributed by atoms with Gasteiger partial charge in [-0.2, -0.15) is 0 Å². The number of carbonyl (C=O) groups is 1. The maximum absolute atomic E-state index is 13.0. The molecule has 1 aromatic heterocycles. The molecule has 1 amide bonds. The van der Waals surface area contributed by atoms with Crippen LogP contribution in [0.2, 0.25) is 0 Å². The minimum Gasteiger partial charge on any atom is -0.484 e. The van der Waals surface area contributed by atoms with Crippen molar-refractivity contribution in [3.63, 3.8) is 0 Å². The van der Waals surface area contributed by atoms with Gasteiger partial charge in [0, 0.05) is 19.6 Å². The molecule has 1 unspecified atom stereocenters. The highest BCUT2D eigenvalue weighted by Crippen LogP contribution is 2.31. The lowest BCUT2D eigenvalue weighted by molar-refractivity contribution is -0.137. The van der Waals surface area contributed by atoms with Gasteiger partial charge in [-0.15, -0.1) is 10.2 Å². The molecule has 7 nitrogen and oxygen atoms in total. The molecule has 1 saturated heterocycles. The Morgan fingerprint density at radius 3 is 2.81 bits per heavy atom. The van der Waals surface area contributed by atoms with E-state index in [0.717, 1.165) is 50.5 Å². The number of aromatic nitrogens is 3. The third-order valence-corrected chi connectivity index (χ3v) is 5.27. The number of amides is 1. The van der Waals surface area contributed by atoms with E-state index >= 15 is 0 Å². The normalized spacial score (nSPS) is 20.4. The molecule has 27 heavy (non-hydrogen) atoms. The van der Waals surface area contributed by atoms with E-state index in [1.54, 1.807) is 0 Å². The topological polar surface area (TPSA) is 63.5 Å². The number of halogens is 1. The number of nitrogens with zero attached hydrogens (tertiary/aromatic N) is 5. The number of likely N-dealkylation sites (tertiary alicyclic amines) is 1. The van der Waals surface area contributed by atoms with Gasteiger partial charge in [-0.3, -0.25) is 9.69 Å². The zero-order valence-electron chi connectivity index (χ0n) is 15.5. The predicted molar refractivity (Wildman–Crippen MR) is 96.6 cm³/mol. The molecule has 1 atom stereocenters. The van der Waals surface area contributed by atoms with Crippen molar-refractivity contribution >= 4 is 5.91 Å². The van der Waals surface area contributed by atoms with Crippen LogP contribution in [0.1, 0.15) is 37.0 Å². The molecule has 0 radical (unpaired) electrons. The Labute approximate surface area is 157 Å². The van der Waals surface area contributed by atoms with Crippen LogP contribution in [0.3, 0.4) is 0 Å². The molecule has 144 valence electrons. The van der Waals surface area contributed by atoms with Crippen LogP contribution >= 0.6 is 0 Å². The number of likely N-dealkylation sites (N-methyl/N-ethyl adjacent to an activating group) is 1. The first-order chi connectivity index (χ1) is 13.1. The van der Waals surface area contributed by atoms with Crippen LogP contribution in [0.5, 0.6) is 5.75 Å². The van der Waals surface area contributed by atoms with E-state index in [1.165, 1.54) is 24.3 Å². The van der Waals surface area contributed by atoms with Crippen LogP contribution in [-0.2, 0) is 17.9 Å². The zero-order valence-corrected chi connectivity index (χ0v) is 15.5. The quantitative estimate of drug-likeness (QED) is 0.820. The fourth-order valence-corrected chi connectivity index (χ4v) is 3.80. The number of fused-ring (bicyclic) bond motifs is 1. The minimum atomic E-state index is -0.327. The van der Waals surface area contributed by atoms with Crippen LogP contribution in [0.25, 0.3) is 0 Å². The molecule has 0 N–H and O–H groups in total. The van der Waals surface area contributed by atoms with Crippen LogP contribution in [0, 0.1) is 5.82 Å². The summed E-state index contributed by atoms with van der Waals surface area (Å²) in [7, 11) is 2.07. The summed E-state index contributed by atoms with van der Waals surface area (Å²) in [5, 5.41) is 8.77. The maximum atomic E-state index is 13.0. The van der Waals surface area contributed by atoms with Crippen LogP contribution < -0.4 is 4.74 Å². The standard InChI is InChI=1S/C19H24FN5O2/c1-23-10-11-25-17(12-23)21-22-19(25)16-4-2-3-9-24(16)18(26)13-27-15-7-5-14(20)6-8-15/h5-8,16H,2-4,9-13H2,1H3. The van der Waals surface area contributed by atoms with E-state index < -0.39 is 0 Å². The Hall–Kier alpha value is -2.48. The van der Waals surface area contributed by atoms with Crippen molar-refractivity contribution in [3.8, 4) is 5.75 Å². The van der Waals surface area contributed by atoms with E-state index in [-0.39, 0.29) is 24.4 Å². The fraction of sp³-hybridized carbons (Fsp3) is 0.526. The largest absolute Gasteiger partial charge is 0.484 e. The fourth-order valence-electron chi connectivity index (χ4n) is 3.80. The molecule has 0 bridgehead atoms. The molecular weight excluding hydrogens is 349 g/mol. The van der Waals surface area contributed by atoms with Gasteiger partial charge in [-0.1, -0.05) is 0 Å². The maximum Gasteiger partial charge on any atom is 0.261 e. The minimum absolute atomic E-state index is 0.0623. The lowest BCUT2D eigenvalue weighted by Gasteiger charge is -2.36. The Morgan fingerprint density at radius 2 is 2.00 bits per heavy atom. The second-order valence-corrected chi connectivity index (χ2v) is 7.21. The highest BCUT2D eigenvalue weighted by Gasteiger charge is 2.33. The summed E-state index contributed by atoms with van der Waals surface area (Å²) in [5.41, 5.74) is 0. The smallest absolute Gasteiger partial charge is 0.261 e. The van der Waals surface area contributed by atoms with Gasteiger partial charge < -0.3 is 14.2 Å². The molecule has 1 fully saturated rings. The van der Waals surface area contributed by atoms with Crippen molar-refractivity contribution in [1.82, 2.24) is 24.6 Å². The number of piperidine rings is 1. The number of ether oxygens (including phenoxy) is 1. The number of benzene rings is 1. The molecule has 0 spiro atoms. The van der Waals surface area contributed by atoms with Crippen molar-refractivity contribution in [2.45, 2.75) is 38.4 Å². The van der Waals surface area contributed by atoms with Crippen LogP contribution in [0.4, 0.5) is 4.39 Å². The van der Waals surface area contributed by atoms with E-state index in [9.17, 15) is 9.18 Å². The van der Waals surface area contributed by atoms with E-state index in [0.29, 0.717) is 12.3 Å². The summed E-state index contributed by atoms with van der Waals surface area (Å²) in [6, 6.07) is 5.64. The van der Waals surface area contributed by atoms with Crippen LogP contribution in [-0.4, -0.2) is 57.2 Å². The molecule has 2 aromatic rings. The first-order valence-corrected chi connectivity index (χ1v) is 9.40. The van der Waals surface area contributed by atoms with Gasteiger partial charge in [0.1, 0.15) is 17.4 Å². The average Bonchev–Trinajstić information content (AvgIpc) is 3.10. The van der Waals surface area contributed by atoms with Crippen molar-refractivity contribution in [1.29, 1.82) is 0 Å². The van der Waals surface area contributed by atoms with Gasteiger partial charge in [-0.25, -0.2) is 4.39 Å². The molecular formula is C19H24FN5O2. The Balaban J connectivity index is 1.47. The average molecular weight is 373 g/mol. The molecule has 0 saturated carbocycles. The van der Waals surface area contributed by atoms with Gasteiger partial charge in [0.05, 0.1) is 12.6 Å². The number of carbonyl (C=O) groups excluding carboxylic acids is 1. The van der Waals surface area contributed by atoms with Gasteiger partial charge in [-0.05, 0) is 50.6 Å². The summed E-state index contributed by atoms with van der Waals surface area (Å²) < 4.78 is 20.7. The lowest BCUT2D eigenvalue weighted by Crippen LogP contribution is -2.42. The molecule has 2 aliphatic rings. The molecule has 4 rings (SSSR count). The van der Waals surface area contributed by atoms with E-state index in [1.807, 2.05) is 4.90 Å². The molecule has 2 aliphatic heterocycles. The van der Waals surface area contributed by atoms with Gasteiger partial charge in [0.2, 0.25) is 0 Å². The van der Waals surface area contributed by atoms with Crippen LogP contribution in [0.15, 0.2) is 24.3 Å². The lowest BCUT2D eigenvalue weighted by atomic mass is 10.0. The van der Waals surface area contributed by atoms with Gasteiger partial charge >= 0.3 is 0 Å². The van der Waals surface area contributed by atoms with Gasteiger partial charge in [0.25, 0.3) is 5.91 Å². The van der Waals surface area contributed by atoms with Crippen molar-refractivity contribution < 1.29 is 13.9 Å². The third kappa shape index (κ3) is 3.80. The number of rotatable bonds is 4. The SMILES string of the molecule is CN1CCn2c(nnc2C2CCCCN2C(=O)COc2ccc(F)cc2)C1. The summed E-state index contributed by atoms with van der Waals surface area (Å²) in [6.45, 7) is 3.21. The summed E-state index contributed by atoms with van der Waals surface area (Å²) in [5.74, 6) is 1.93. The van der Waals surface area contributed by atoms with Gasteiger partial charge in [0.15, 0.2) is 12.4 Å². The summed E-state index contributed by atoms with van der Waals surface area (Å²) in [4.78, 5) is 16.9. The zero-order chi connectivity index (χ0) is 18.8. The first-order valence-electron chi connectivity index (χ1n) is 9.40. The second-order valence-electron chi connectivity index (χ2n) is 7.21. The highest BCUT2D eigenvalue weighted by molar-refractivity contribution is 5.78. The van der Waals surface area contributed by atoms with Crippen molar-refractivity contribution in [2.24, 2.45) is 0 Å². The van der Waals surface area contributed by atoms with E-state index in [4.69, 9.17) is 4.74 Å². The van der Waals surface area contributed by atoms with Crippen molar-refractivity contribution in [3.05, 3.63) is 41.7 Å². The predicted octanol–water partition coefficient (Wildman–Crippen LogP) is 2.00. The number of hydrogen-bond acceptors (Lipinski definition) is 5. The third-order valence-electron chi connectivity index (χ3n) is 5.27. The van der Waals surface area contributed by atoms with E-state index in [2.05, 4.69) is 26.7 Å². The molecule has 1 aromatic carbocycles. The molecule has 3 heterocycles. The highest BCUT2D eigenvalue weighted by atomic mass is 19.1. The Bertz CT molecular complexity index is 807. The second kappa shape index (κ2) is 7.64. The monoisotopic (exact) mass is 373 g/mol. The summed E-state index contributed by atoms with van der Waals surface area (Å²) >= 11 is 0. The Kier molecular flexibility index (Phi) is 5.07. The van der Waals surface area contributed by atoms with Crippen molar-refractivity contribution in [2.75, 3.05) is 26.7 Å². The summed E-state index contributed by atoms with van der Waals surface area (Å²) in [6.07, 6.45) is 2.92. The number of hydrogen-bond donors (Lipinski definition) is 0. The Morgan fingerprint density at radius 1 is 1.19 bits per heavy atom. The molecule has 8 heteroatoms. The first kappa shape index (κ1) is 17.9.